The molecule has 0 aliphatic carbocycles. The van der Waals surface area contributed by atoms with Gasteiger partial charge < -0.3 is 14.8 Å². The van der Waals surface area contributed by atoms with Crippen molar-refractivity contribution in [2.24, 2.45) is 0 Å². The predicted octanol–water partition coefficient (Wildman–Crippen LogP) is 1.85. The summed E-state index contributed by atoms with van der Waals surface area (Å²) in [7, 11) is 0. The summed E-state index contributed by atoms with van der Waals surface area (Å²) in [5.41, 5.74) is 1.97. The Balaban J connectivity index is 1.50. The third-order valence-electron chi connectivity index (χ3n) is 3.38. The first kappa shape index (κ1) is 13.3. The van der Waals surface area contributed by atoms with Gasteiger partial charge in [0.1, 0.15) is 0 Å². The number of rotatable bonds is 3. The number of benzene rings is 2. The molecule has 0 atom stereocenters. The van der Waals surface area contributed by atoms with E-state index in [2.05, 4.69) is 25.9 Å². The minimum absolute atomic E-state index is 0.179. The van der Waals surface area contributed by atoms with E-state index in [1.54, 1.807) is 42.5 Å². The van der Waals surface area contributed by atoms with Gasteiger partial charge >= 0.3 is 0 Å². The Hall–Kier alpha value is -3.42. The van der Waals surface area contributed by atoms with Crippen LogP contribution >= 0.6 is 0 Å². The molecule has 0 saturated carbocycles. The van der Waals surface area contributed by atoms with Crippen LogP contribution in [0.25, 0.3) is 11.4 Å². The summed E-state index contributed by atoms with van der Waals surface area (Å²) in [6.45, 7) is 0.179. The van der Waals surface area contributed by atoms with Gasteiger partial charge in [0.25, 0.3) is 5.91 Å². The lowest BCUT2D eigenvalue weighted by Gasteiger charge is -2.06. The Bertz CT molecular complexity index is 846. The topological polar surface area (TPSA) is 102 Å². The third kappa shape index (κ3) is 2.57. The first-order valence-electron chi connectivity index (χ1n) is 6.84. The van der Waals surface area contributed by atoms with Crippen LogP contribution in [0.15, 0.2) is 42.5 Å². The molecule has 3 aromatic rings. The number of H-pyrrole nitrogens is 1. The average Bonchev–Trinajstić information content (AvgIpc) is 3.26. The molecule has 2 heterocycles. The third-order valence-corrected chi connectivity index (χ3v) is 3.38. The van der Waals surface area contributed by atoms with E-state index in [4.69, 9.17) is 9.47 Å². The number of hydrogen-bond donors (Lipinski definition) is 2. The van der Waals surface area contributed by atoms with E-state index in [1.165, 1.54) is 0 Å². The molecule has 2 aromatic carbocycles. The number of anilines is 1. The summed E-state index contributed by atoms with van der Waals surface area (Å²) >= 11 is 0. The standard InChI is InChI=1S/C15H11N5O3/c21-15(10-3-6-12-13(7-10)23-8-22-12)16-11-4-1-9(2-5-11)14-17-19-20-18-14/h1-7H,8H2,(H,16,21)(H,17,18,19,20). The van der Waals surface area contributed by atoms with E-state index in [-0.39, 0.29) is 12.7 Å². The number of ether oxygens (including phenoxy) is 2. The van der Waals surface area contributed by atoms with Crippen LogP contribution in [-0.2, 0) is 0 Å². The van der Waals surface area contributed by atoms with Crippen molar-refractivity contribution in [2.45, 2.75) is 0 Å². The summed E-state index contributed by atoms with van der Waals surface area (Å²) in [4.78, 5) is 12.3. The number of aromatic nitrogens is 4. The van der Waals surface area contributed by atoms with Crippen molar-refractivity contribution in [2.75, 3.05) is 12.1 Å². The maximum Gasteiger partial charge on any atom is 0.255 e. The summed E-state index contributed by atoms with van der Waals surface area (Å²) in [5.74, 6) is 1.49. The van der Waals surface area contributed by atoms with Gasteiger partial charge in [-0.05, 0) is 47.7 Å². The summed E-state index contributed by atoms with van der Waals surface area (Å²) < 4.78 is 10.5. The largest absolute Gasteiger partial charge is 0.454 e. The molecule has 8 nitrogen and oxygen atoms in total. The smallest absolute Gasteiger partial charge is 0.255 e. The van der Waals surface area contributed by atoms with Crippen LogP contribution in [0.4, 0.5) is 5.69 Å². The van der Waals surface area contributed by atoms with E-state index in [1.807, 2.05) is 0 Å². The quantitative estimate of drug-likeness (QED) is 0.765. The van der Waals surface area contributed by atoms with Crippen LogP contribution in [0.1, 0.15) is 10.4 Å². The second-order valence-corrected chi connectivity index (χ2v) is 4.83. The fraction of sp³-hybridized carbons (Fsp3) is 0.0667. The fourth-order valence-corrected chi connectivity index (χ4v) is 2.23. The first-order chi connectivity index (χ1) is 11.3. The molecule has 23 heavy (non-hydrogen) atoms. The van der Waals surface area contributed by atoms with Crippen LogP contribution in [-0.4, -0.2) is 33.3 Å². The molecule has 0 bridgehead atoms. The number of nitrogens with zero attached hydrogens (tertiary/aromatic N) is 3. The predicted molar refractivity (Wildman–Crippen MR) is 80.1 cm³/mol. The second kappa shape index (κ2) is 5.41. The molecular formula is C15H11N5O3. The van der Waals surface area contributed by atoms with Gasteiger partial charge in [-0.3, -0.25) is 4.79 Å². The Labute approximate surface area is 130 Å². The van der Waals surface area contributed by atoms with Gasteiger partial charge in [0.05, 0.1) is 0 Å². The van der Waals surface area contributed by atoms with Crippen LogP contribution in [0.3, 0.4) is 0 Å². The van der Waals surface area contributed by atoms with Crippen molar-refractivity contribution in [3.8, 4) is 22.9 Å². The lowest BCUT2D eigenvalue weighted by atomic mass is 10.1. The van der Waals surface area contributed by atoms with E-state index in [0.29, 0.717) is 28.6 Å². The average molecular weight is 309 g/mol. The number of amides is 1. The second-order valence-electron chi connectivity index (χ2n) is 4.83. The van der Waals surface area contributed by atoms with Crippen LogP contribution < -0.4 is 14.8 Å². The number of nitrogens with one attached hydrogen (secondary N) is 2. The number of fused-ring (bicyclic) bond motifs is 1. The Morgan fingerprint density at radius 3 is 2.70 bits per heavy atom. The van der Waals surface area contributed by atoms with Gasteiger partial charge in [-0.2, -0.15) is 5.21 Å². The first-order valence-corrected chi connectivity index (χ1v) is 6.84. The monoisotopic (exact) mass is 309 g/mol. The van der Waals surface area contributed by atoms with Crippen molar-refractivity contribution in [3.05, 3.63) is 48.0 Å². The number of hydrogen-bond acceptors (Lipinski definition) is 6. The summed E-state index contributed by atoms with van der Waals surface area (Å²) in [5, 5.41) is 16.5. The highest BCUT2D eigenvalue weighted by Crippen LogP contribution is 2.32. The Kier molecular flexibility index (Phi) is 3.12. The van der Waals surface area contributed by atoms with Crippen LogP contribution in [0.2, 0.25) is 0 Å². The van der Waals surface area contributed by atoms with Crippen molar-refractivity contribution >= 4 is 11.6 Å². The molecule has 0 saturated heterocycles. The van der Waals surface area contributed by atoms with E-state index < -0.39 is 0 Å². The highest BCUT2D eigenvalue weighted by molar-refractivity contribution is 6.04. The van der Waals surface area contributed by atoms with Gasteiger partial charge in [-0.15, -0.1) is 10.2 Å². The minimum atomic E-state index is -0.226. The molecule has 4 rings (SSSR count). The maximum atomic E-state index is 12.3. The van der Waals surface area contributed by atoms with Crippen LogP contribution in [0.5, 0.6) is 11.5 Å². The van der Waals surface area contributed by atoms with E-state index >= 15 is 0 Å². The molecule has 1 aliphatic heterocycles. The Morgan fingerprint density at radius 1 is 1.09 bits per heavy atom. The molecule has 0 fully saturated rings. The lowest BCUT2D eigenvalue weighted by Crippen LogP contribution is -2.11. The number of tetrazole rings is 1. The summed E-state index contributed by atoms with van der Waals surface area (Å²) in [6, 6.07) is 12.2. The normalized spacial score (nSPS) is 12.2. The lowest BCUT2D eigenvalue weighted by molar-refractivity contribution is 0.102. The molecule has 1 aliphatic rings. The van der Waals surface area contributed by atoms with E-state index in [0.717, 1.165) is 5.56 Å². The van der Waals surface area contributed by atoms with Gasteiger partial charge in [-0.25, -0.2) is 0 Å². The van der Waals surface area contributed by atoms with E-state index in [9.17, 15) is 4.79 Å². The zero-order valence-electron chi connectivity index (χ0n) is 11.8. The fourth-order valence-electron chi connectivity index (χ4n) is 2.23. The van der Waals surface area contributed by atoms with Crippen molar-refractivity contribution in [1.82, 2.24) is 20.6 Å². The zero-order valence-corrected chi connectivity index (χ0v) is 11.8. The molecule has 1 aromatic heterocycles. The molecule has 8 heteroatoms. The molecule has 0 spiro atoms. The van der Waals surface area contributed by atoms with Gasteiger partial charge in [-0.1, -0.05) is 0 Å². The van der Waals surface area contributed by atoms with Gasteiger partial charge in [0, 0.05) is 16.8 Å². The molecule has 1 amide bonds. The van der Waals surface area contributed by atoms with Crippen molar-refractivity contribution in [1.29, 1.82) is 0 Å². The summed E-state index contributed by atoms with van der Waals surface area (Å²) in [6.07, 6.45) is 0. The zero-order chi connectivity index (χ0) is 15.6. The number of carbonyl (C=O) groups is 1. The molecule has 0 unspecified atom stereocenters. The number of aromatic amines is 1. The van der Waals surface area contributed by atoms with Crippen molar-refractivity contribution < 1.29 is 14.3 Å². The highest BCUT2D eigenvalue weighted by Gasteiger charge is 2.16. The Morgan fingerprint density at radius 2 is 1.91 bits per heavy atom. The molecule has 0 radical (unpaired) electrons. The molecular weight excluding hydrogens is 298 g/mol. The molecule has 114 valence electrons. The molecule has 2 N–H and O–H groups in total. The SMILES string of the molecule is O=C(Nc1ccc(-c2nn[nH]n2)cc1)c1ccc2c(c1)OCO2. The van der Waals surface area contributed by atoms with Crippen molar-refractivity contribution in [3.63, 3.8) is 0 Å². The number of carbonyl (C=O) groups excluding carboxylic acids is 1. The van der Waals surface area contributed by atoms with Gasteiger partial charge in [0.15, 0.2) is 11.5 Å². The minimum Gasteiger partial charge on any atom is -0.454 e. The van der Waals surface area contributed by atoms with Gasteiger partial charge in [0.2, 0.25) is 12.6 Å². The highest BCUT2D eigenvalue weighted by atomic mass is 16.7. The van der Waals surface area contributed by atoms with Crippen LogP contribution in [0, 0.1) is 0 Å². The maximum absolute atomic E-state index is 12.3.